The van der Waals surface area contributed by atoms with E-state index in [0.29, 0.717) is 40.9 Å². The van der Waals surface area contributed by atoms with Crippen molar-refractivity contribution in [3.05, 3.63) is 71.5 Å². The number of benzene rings is 3. The number of unbranched alkanes of at least 4 members (excludes halogenated alkanes) is 1. The van der Waals surface area contributed by atoms with Gasteiger partial charge in [0.05, 0.1) is 34.7 Å². The van der Waals surface area contributed by atoms with E-state index in [2.05, 4.69) is 20.6 Å². The van der Waals surface area contributed by atoms with Gasteiger partial charge in [-0.1, -0.05) is 11.6 Å². The number of primary sulfonamides is 1. The highest BCUT2D eigenvalue weighted by Gasteiger charge is 2.33. The number of amides is 1. The van der Waals surface area contributed by atoms with Gasteiger partial charge in [0.25, 0.3) is 0 Å². The van der Waals surface area contributed by atoms with Crippen LogP contribution < -0.4 is 25.2 Å². The molecule has 1 aromatic heterocycles. The Kier molecular flexibility index (Phi) is 9.39. The van der Waals surface area contributed by atoms with E-state index in [0.717, 1.165) is 12.1 Å². The Morgan fingerprint density at radius 3 is 2.38 bits per heavy atom. The highest BCUT2D eigenvalue weighted by Crippen LogP contribution is 2.38. The third-order valence-corrected chi connectivity index (χ3v) is 7.24. The number of hydrogen-bond acceptors (Lipinski definition) is 8. The smallest absolute Gasteiger partial charge is 0.417 e. The largest absolute Gasteiger partial charge is 0.493 e. The van der Waals surface area contributed by atoms with Gasteiger partial charge < -0.3 is 20.1 Å². The van der Waals surface area contributed by atoms with Crippen molar-refractivity contribution in [2.45, 2.75) is 30.3 Å². The van der Waals surface area contributed by atoms with Gasteiger partial charge in [-0.3, -0.25) is 4.79 Å². The number of alkyl halides is 3. The zero-order valence-corrected chi connectivity index (χ0v) is 23.6. The number of nitrogens with zero attached hydrogens (tertiary/aromatic N) is 2. The molecule has 3 aromatic carbocycles. The Hall–Kier alpha value is -4.14. The number of carbonyl (C=O) groups excluding carboxylic acids is 1. The van der Waals surface area contributed by atoms with E-state index < -0.39 is 26.8 Å². The molecule has 222 valence electrons. The zero-order valence-electron chi connectivity index (χ0n) is 22.0. The van der Waals surface area contributed by atoms with E-state index in [1.165, 1.54) is 43.8 Å². The molecule has 15 heteroatoms. The number of rotatable bonds is 11. The normalized spacial score (nSPS) is 11.8. The number of fused-ring (bicyclic) bond motifs is 1. The zero-order chi connectivity index (χ0) is 30.5. The van der Waals surface area contributed by atoms with E-state index in [-0.39, 0.29) is 35.3 Å². The first-order chi connectivity index (χ1) is 19.8. The van der Waals surface area contributed by atoms with Crippen molar-refractivity contribution < 1.29 is 35.9 Å². The summed E-state index contributed by atoms with van der Waals surface area (Å²) in [5.41, 5.74) is 0.0513. The molecule has 0 aliphatic heterocycles. The minimum Gasteiger partial charge on any atom is -0.493 e. The third kappa shape index (κ3) is 7.78. The van der Waals surface area contributed by atoms with Crippen LogP contribution in [0.3, 0.4) is 0 Å². The summed E-state index contributed by atoms with van der Waals surface area (Å²) in [4.78, 5) is 20.6. The maximum absolute atomic E-state index is 13.3. The quantitative estimate of drug-likeness (QED) is 0.175. The molecule has 1 heterocycles. The molecular weight excluding hydrogens is 599 g/mol. The molecule has 4 rings (SSSR count). The number of aromatic nitrogens is 2. The molecule has 0 spiro atoms. The lowest BCUT2D eigenvalue weighted by Gasteiger charge is -2.15. The van der Waals surface area contributed by atoms with Crippen LogP contribution in [0.25, 0.3) is 10.9 Å². The van der Waals surface area contributed by atoms with Crippen LogP contribution in [0.5, 0.6) is 11.5 Å². The molecule has 0 radical (unpaired) electrons. The Labute approximate surface area is 244 Å². The number of hydrogen-bond donors (Lipinski definition) is 3. The fourth-order valence-corrected chi connectivity index (χ4v) is 4.65. The molecule has 4 aromatic rings. The highest BCUT2D eigenvalue weighted by atomic mass is 35.5. The molecule has 0 bridgehead atoms. The molecule has 1 amide bonds. The van der Waals surface area contributed by atoms with Crippen LogP contribution in [0, 0.1) is 0 Å². The van der Waals surface area contributed by atoms with Gasteiger partial charge in [0.1, 0.15) is 12.1 Å². The molecule has 10 nitrogen and oxygen atoms in total. The van der Waals surface area contributed by atoms with Crippen LogP contribution >= 0.6 is 11.6 Å². The second-order valence-corrected chi connectivity index (χ2v) is 11.0. The van der Waals surface area contributed by atoms with Crippen LogP contribution in [0.4, 0.5) is 30.4 Å². The molecule has 0 saturated carbocycles. The van der Waals surface area contributed by atoms with Crippen molar-refractivity contribution in [1.29, 1.82) is 0 Å². The number of sulfonamides is 1. The summed E-state index contributed by atoms with van der Waals surface area (Å²) < 4.78 is 73.9. The first kappa shape index (κ1) is 30.8. The average Bonchev–Trinajstić information content (AvgIpc) is 2.93. The molecule has 42 heavy (non-hydrogen) atoms. The summed E-state index contributed by atoms with van der Waals surface area (Å²) in [6, 6.07) is 12.2. The number of nitrogens with one attached hydrogen (secondary N) is 2. The lowest BCUT2D eigenvalue weighted by molar-refractivity contribution is -0.137. The minimum atomic E-state index is -4.63. The van der Waals surface area contributed by atoms with Crippen LogP contribution in [0.2, 0.25) is 5.02 Å². The number of methoxy groups -OCH3 is 1. The second kappa shape index (κ2) is 12.8. The fraction of sp³-hybridized carbons (Fsp3) is 0.222. The van der Waals surface area contributed by atoms with E-state index in [1.54, 1.807) is 12.1 Å². The summed E-state index contributed by atoms with van der Waals surface area (Å²) >= 11 is 5.73. The van der Waals surface area contributed by atoms with Gasteiger partial charge in [-0.2, -0.15) is 13.2 Å². The van der Waals surface area contributed by atoms with Crippen molar-refractivity contribution in [1.82, 2.24) is 9.97 Å². The van der Waals surface area contributed by atoms with E-state index in [4.69, 9.17) is 26.2 Å². The number of nitrogens with two attached hydrogens (primary N) is 1. The third-order valence-electron chi connectivity index (χ3n) is 5.98. The maximum Gasteiger partial charge on any atom is 0.417 e. The number of carbonyl (C=O) groups is 1. The van der Waals surface area contributed by atoms with Gasteiger partial charge in [0, 0.05) is 29.2 Å². The summed E-state index contributed by atoms with van der Waals surface area (Å²) in [6.45, 7) is 0.237. The molecule has 0 saturated heterocycles. The summed E-state index contributed by atoms with van der Waals surface area (Å²) in [5.74, 6) is 0.732. The van der Waals surface area contributed by atoms with Crippen molar-refractivity contribution in [3.8, 4) is 11.5 Å². The summed E-state index contributed by atoms with van der Waals surface area (Å²) in [5, 5.41) is 10.7. The molecule has 0 unspecified atom stereocenters. The first-order valence-corrected chi connectivity index (χ1v) is 14.3. The SMILES string of the molecule is COc1cc2ncnc(Nc3ccc(Cl)c(C(F)(F)F)c3)c2cc1OCCCCC(=O)Nc1ccc(S(N)(=O)=O)cc1. The average molecular weight is 624 g/mol. The van der Waals surface area contributed by atoms with Crippen LogP contribution in [-0.4, -0.2) is 38.0 Å². The Morgan fingerprint density at radius 1 is 1.00 bits per heavy atom. The molecule has 0 aliphatic rings. The molecule has 4 N–H and O–H groups in total. The van der Waals surface area contributed by atoms with E-state index in [9.17, 15) is 26.4 Å². The summed E-state index contributed by atoms with van der Waals surface area (Å²) in [6.07, 6.45) is -2.16. The second-order valence-electron chi connectivity index (χ2n) is 8.98. The van der Waals surface area contributed by atoms with Gasteiger partial charge >= 0.3 is 6.18 Å². The molecule has 0 fully saturated rings. The van der Waals surface area contributed by atoms with E-state index >= 15 is 0 Å². The van der Waals surface area contributed by atoms with Crippen molar-refractivity contribution in [2.24, 2.45) is 5.14 Å². The molecular formula is C27H25ClF3N5O5S. The topological polar surface area (TPSA) is 146 Å². The monoisotopic (exact) mass is 623 g/mol. The van der Waals surface area contributed by atoms with Gasteiger partial charge in [-0.15, -0.1) is 0 Å². The standard InChI is InChI=1S/C27H25ClF3N5O5S/c1-40-23-14-22-19(26(34-15-33-22)36-17-7-10-21(28)20(12-17)27(29,30)31)13-24(23)41-11-3-2-4-25(37)35-16-5-8-18(9-6-16)42(32,38)39/h5-10,12-15H,2-4,11H2,1H3,(H,35,37)(H2,32,38,39)(H,33,34,36). The fourth-order valence-electron chi connectivity index (χ4n) is 3.91. The van der Waals surface area contributed by atoms with Crippen molar-refractivity contribution >= 4 is 55.6 Å². The first-order valence-electron chi connectivity index (χ1n) is 12.4. The Morgan fingerprint density at radius 2 is 1.71 bits per heavy atom. The van der Waals surface area contributed by atoms with Gasteiger partial charge in [-0.05, 0) is 61.4 Å². The van der Waals surface area contributed by atoms with Crippen LogP contribution in [0.15, 0.2) is 65.8 Å². The van der Waals surface area contributed by atoms with Gasteiger partial charge in [-0.25, -0.2) is 23.5 Å². The Bertz CT molecular complexity index is 1700. The number of ether oxygens (including phenoxy) is 2. The maximum atomic E-state index is 13.3. The highest BCUT2D eigenvalue weighted by molar-refractivity contribution is 7.89. The Balaban J connectivity index is 1.38. The number of halogens is 4. The number of anilines is 3. The predicted molar refractivity (Wildman–Crippen MR) is 152 cm³/mol. The van der Waals surface area contributed by atoms with Crippen LogP contribution in [0.1, 0.15) is 24.8 Å². The van der Waals surface area contributed by atoms with Gasteiger partial charge in [0.2, 0.25) is 15.9 Å². The molecule has 0 aliphatic carbocycles. The predicted octanol–water partition coefficient (Wildman–Crippen LogP) is 5.89. The molecule has 0 atom stereocenters. The summed E-state index contributed by atoms with van der Waals surface area (Å²) in [7, 11) is -2.36. The lowest BCUT2D eigenvalue weighted by Crippen LogP contribution is -2.13. The van der Waals surface area contributed by atoms with Gasteiger partial charge in [0.15, 0.2) is 11.5 Å². The minimum absolute atomic E-state index is 0.0585. The van der Waals surface area contributed by atoms with Crippen molar-refractivity contribution in [3.63, 3.8) is 0 Å². The van der Waals surface area contributed by atoms with Crippen LogP contribution in [-0.2, 0) is 21.0 Å². The van der Waals surface area contributed by atoms with E-state index in [1.807, 2.05) is 0 Å². The lowest BCUT2D eigenvalue weighted by atomic mass is 10.1. The van der Waals surface area contributed by atoms with Crippen molar-refractivity contribution in [2.75, 3.05) is 24.4 Å².